The Morgan fingerprint density at radius 1 is 1.35 bits per heavy atom. The van der Waals surface area contributed by atoms with Gasteiger partial charge in [-0.05, 0) is 17.5 Å². The number of thioether (sulfide) groups is 1. The molecule has 2 rings (SSSR count). The van der Waals surface area contributed by atoms with Gasteiger partial charge in [-0.25, -0.2) is 4.98 Å². The number of aromatic nitrogens is 6. The molecule has 8 heteroatoms. The predicted molar refractivity (Wildman–Crippen MR) is 65.3 cm³/mol. The predicted octanol–water partition coefficient (Wildman–Crippen LogP) is 1.85. The van der Waals surface area contributed by atoms with Crippen LogP contribution in [0.5, 0.6) is 0 Å². The lowest BCUT2D eigenvalue weighted by atomic mass is 10.3. The van der Waals surface area contributed by atoms with E-state index in [1.165, 1.54) is 17.3 Å². The van der Waals surface area contributed by atoms with Crippen molar-refractivity contribution in [3.63, 3.8) is 0 Å². The minimum Gasteiger partial charge on any atom is -0.223 e. The summed E-state index contributed by atoms with van der Waals surface area (Å²) in [6.07, 6.45) is 2.93. The molecule has 0 radical (unpaired) electrons. The van der Waals surface area contributed by atoms with Crippen molar-refractivity contribution in [1.82, 2.24) is 29.7 Å². The second kappa shape index (κ2) is 5.42. The third-order valence-electron chi connectivity index (χ3n) is 1.75. The molecule has 0 amide bonds. The summed E-state index contributed by atoms with van der Waals surface area (Å²) >= 11 is 7.39. The maximum absolute atomic E-state index is 5.85. The maximum Gasteiger partial charge on any atom is 0.257 e. The molecule has 2 aromatic rings. The zero-order valence-corrected chi connectivity index (χ0v) is 11.0. The summed E-state index contributed by atoms with van der Waals surface area (Å²) in [5.74, 6) is 1.87. The smallest absolute Gasteiger partial charge is 0.223 e. The van der Waals surface area contributed by atoms with E-state index in [0.29, 0.717) is 17.0 Å². The van der Waals surface area contributed by atoms with Gasteiger partial charge >= 0.3 is 0 Å². The number of rotatable bonds is 4. The summed E-state index contributed by atoms with van der Waals surface area (Å²) in [6.45, 7) is 4.27. The summed E-state index contributed by atoms with van der Waals surface area (Å²) in [6, 6.07) is 0. The van der Waals surface area contributed by atoms with Crippen LogP contribution in [-0.4, -0.2) is 35.5 Å². The topological polar surface area (TPSA) is 69.4 Å². The van der Waals surface area contributed by atoms with E-state index in [9.17, 15) is 0 Å². The Morgan fingerprint density at radius 3 is 2.82 bits per heavy atom. The van der Waals surface area contributed by atoms with Crippen molar-refractivity contribution in [3.05, 3.63) is 17.9 Å². The van der Waals surface area contributed by atoms with Crippen LogP contribution in [0.15, 0.2) is 17.8 Å². The zero-order valence-electron chi connectivity index (χ0n) is 9.41. The fourth-order valence-electron chi connectivity index (χ4n) is 1.04. The third kappa shape index (κ3) is 3.37. The Bertz CT molecular complexity index is 486. The van der Waals surface area contributed by atoms with Gasteiger partial charge in [0, 0.05) is 5.75 Å². The second-order valence-corrected chi connectivity index (χ2v) is 5.06. The Kier molecular flexibility index (Phi) is 3.90. The first kappa shape index (κ1) is 12.3. The molecule has 90 valence electrons. The van der Waals surface area contributed by atoms with Gasteiger partial charge in [-0.3, -0.25) is 0 Å². The summed E-state index contributed by atoms with van der Waals surface area (Å²) in [7, 11) is 0. The van der Waals surface area contributed by atoms with Gasteiger partial charge in [0.25, 0.3) is 5.95 Å². The van der Waals surface area contributed by atoms with Crippen LogP contribution in [-0.2, 0) is 0 Å². The molecule has 0 unspecified atom stereocenters. The van der Waals surface area contributed by atoms with Gasteiger partial charge in [-0.15, -0.1) is 0 Å². The highest BCUT2D eigenvalue weighted by Crippen LogP contribution is 2.18. The molecule has 0 fully saturated rings. The Hall–Kier alpha value is -1.21. The van der Waals surface area contributed by atoms with Gasteiger partial charge < -0.3 is 0 Å². The first-order chi connectivity index (χ1) is 8.15. The van der Waals surface area contributed by atoms with E-state index in [0.717, 1.165) is 5.75 Å². The lowest BCUT2D eigenvalue weighted by Gasteiger charge is -2.04. The fraction of sp³-hybridized carbons (Fsp3) is 0.444. The van der Waals surface area contributed by atoms with E-state index in [1.807, 2.05) is 0 Å². The lowest BCUT2D eigenvalue weighted by Crippen LogP contribution is -2.05. The van der Waals surface area contributed by atoms with Crippen molar-refractivity contribution in [2.24, 2.45) is 5.92 Å². The Morgan fingerprint density at radius 2 is 2.18 bits per heavy atom. The molecule has 0 aliphatic heterocycles. The highest BCUT2D eigenvalue weighted by molar-refractivity contribution is 7.99. The van der Waals surface area contributed by atoms with Crippen LogP contribution < -0.4 is 0 Å². The van der Waals surface area contributed by atoms with E-state index < -0.39 is 0 Å². The molecule has 2 heterocycles. The number of hydrogen-bond acceptors (Lipinski definition) is 6. The number of nitrogens with zero attached hydrogens (tertiary/aromatic N) is 6. The Balaban J connectivity index is 2.24. The lowest BCUT2D eigenvalue weighted by molar-refractivity contribution is 0.737. The van der Waals surface area contributed by atoms with Gasteiger partial charge in [0.05, 0.1) is 0 Å². The van der Waals surface area contributed by atoms with Crippen LogP contribution >= 0.6 is 23.4 Å². The average molecular weight is 271 g/mol. The summed E-state index contributed by atoms with van der Waals surface area (Å²) in [5, 5.41) is 4.71. The molecule has 0 N–H and O–H groups in total. The fourth-order valence-corrected chi connectivity index (χ4v) is 2.03. The van der Waals surface area contributed by atoms with Gasteiger partial charge in [0.1, 0.15) is 12.7 Å². The van der Waals surface area contributed by atoms with Crippen molar-refractivity contribution in [3.8, 4) is 5.95 Å². The van der Waals surface area contributed by atoms with Crippen LogP contribution in [0.25, 0.3) is 5.95 Å². The SMILES string of the molecule is CC(C)CSc1nc(Cl)nc(-n2cncn2)n1. The van der Waals surface area contributed by atoms with Crippen LogP contribution in [0, 0.1) is 5.92 Å². The standard InChI is InChI=1S/C9H11ClN6S/c1-6(2)3-17-9-14-7(10)13-8(15-9)16-5-11-4-12-16/h4-6H,3H2,1-2H3. The first-order valence-corrected chi connectivity index (χ1v) is 6.41. The third-order valence-corrected chi connectivity index (χ3v) is 3.19. The zero-order chi connectivity index (χ0) is 12.3. The monoisotopic (exact) mass is 270 g/mol. The molecule has 0 bridgehead atoms. The molecule has 0 aliphatic rings. The molecule has 6 nitrogen and oxygen atoms in total. The summed E-state index contributed by atoms with van der Waals surface area (Å²) < 4.78 is 1.45. The van der Waals surface area contributed by atoms with E-state index >= 15 is 0 Å². The van der Waals surface area contributed by atoms with E-state index in [-0.39, 0.29) is 5.28 Å². The van der Waals surface area contributed by atoms with Crippen LogP contribution in [0.2, 0.25) is 5.28 Å². The van der Waals surface area contributed by atoms with Crippen LogP contribution in [0.1, 0.15) is 13.8 Å². The van der Waals surface area contributed by atoms with E-state index in [1.54, 1.807) is 11.8 Å². The second-order valence-electron chi connectivity index (χ2n) is 3.73. The molecule has 0 aromatic carbocycles. The minimum atomic E-state index is 0.164. The summed E-state index contributed by atoms with van der Waals surface area (Å²) in [4.78, 5) is 16.2. The van der Waals surface area contributed by atoms with Gasteiger partial charge in [0.15, 0.2) is 5.16 Å². The van der Waals surface area contributed by atoms with Crippen LogP contribution in [0.3, 0.4) is 0 Å². The largest absolute Gasteiger partial charge is 0.257 e. The van der Waals surface area contributed by atoms with Gasteiger partial charge in [-0.1, -0.05) is 25.6 Å². The van der Waals surface area contributed by atoms with Gasteiger partial charge in [-0.2, -0.15) is 24.7 Å². The van der Waals surface area contributed by atoms with Crippen molar-refractivity contribution in [2.75, 3.05) is 5.75 Å². The summed E-state index contributed by atoms with van der Waals surface area (Å²) in [5.41, 5.74) is 0. The molecule has 2 aromatic heterocycles. The molecule has 0 aliphatic carbocycles. The maximum atomic E-state index is 5.85. The Labute approximate surface area is 108 Å². The van der Waals surface area contributed by atoms with Crippen LogP contribution in [0.4, 0.5) is 0 Å². The molecule has 0 atom stereocenters. The van der Waals surface area contributed by atoms with Gasteiger partial charge in [0.2, 0.25) is 5.28 Å². The quantitative estimate of drug-likeness (QED) is 0.790. The van der Waals surface area contributed by atoms with E-state index in [2.05, 4.69) is 38.9 Å². The molecule has 0 spiro atoms. The van der Waals surface area contributed by atoms with E-state index in [4.69, 9.17) is 11.6 Å². The number of hydrogen-bond donors (Lipinski definition) is 0. The average Bonchev–Trinajstić information content (AvgIpc) is 2.79. The normalized spacial score (nSPS) is 11.1. The molecule has 17 heavy (non-hydrogen) atoms. The molecule has 0 saturated carbocycles. The van der Waals surface area contributed by atoms with Crippen molar-refractivity contribution < 1.29 is 0 Å². The molecular formula is C9H11ClN6S. The molecule has 0 saturated heterocycles. The minimum absolute atomic E-state index is 0.164. The van der Waals surface area contributed by atoms with Crippen molar-refractivity contribution >= 4 is 23.4 Å². The highest BCUT2D eigenvalue weighted by atomic mass is 35.5. The van der Waals surface area contributed by atoms with Crippen molar-refractivity contribution in [2.45, 2.75) is 19.0 Å². The highest BCUT2D eigenvalue weighted by Gasteiger charge is 2.08. The first-order valence-electron chi connectivity index (χ1n) is 5.04. The number of halogens is 1. The molecular weight excluding hydrogens is 260 g/mol. The van der Waals surface area contributed by atoms with Crippen molar-refractivity contribution in [1.29, 1.82) is 0 Å².